The van der Waals surface area contributed by atoms with Gasteiger partial charge >= 0.3 is 0 Å². The van der Waals surface area contributed by atoms with Gasteiger partial charge < -0.3 is 4.57 Å². The van der Waals surface area contributed by atoms with Gasteiger partial charge in [-0.2, -0.15) is 0 Å². The Morgan fingerprint density at radius 3 is 2.76 bits per heavy atom. The maximum atomic E-state index is 12.3. The van der Waals surface area contributed by atoms with E-state index in [1.807, 2.05) is 29.7 Å². The van der Waals surface area contributed by atoms with Gasteiger partial charge in [0.05, 0.1) is 17.5 Å². The number of likely N-dealkylation sites (N-methyl/N-ethyl adjacent to an activating group) is 1. The summed E-state index contributed by atoms with van der Waals surface area (Å²) < 4.78 is 1.90. The number of amides is 2. The highest BCUT2D eigenvalue weighted by Gasteiger charge is 2.39. The van der Waals surface area contributed by atoms with Crippen molar-refractivity contribution in [1.82, 2.24) is 14.5 Å². The monoisotopic (exact) mass is 305 g/mol. The van der Waals surface area contributed by atoms with Gasteiger partial charge in [-0.25, -0.2) is 4.98 Å². The summed E-state index contributed by atoms with van der Waals surface area (Å²) in [5.41, 5.74) is 2.79. The van der Waals surface area contributed by atoms with Crippen molar-refractivity contribution in [2.24, 2.45) is 0 Å². The van der Waals surface area contributed by atoms with Crippen molar-refractivity contribution >= 4 is 34.4 Å². The van der Waals surface area contributed by atoms with Crippen LogP contribution in [-0.4, -0.2) is 39.2 Å². The molecule has 0 saturated carbocycles. The second kappa shape index (κ2) is 5.15. The highest BCUT2D eigenvalue weighted by Crippen LogP contribution is 2.31. The number of aryl methyl sites for hydroxylation is 2. The number of carbonyl (C=O) groups excluding carboxylic acids is 2. The molecular weight excluding hydrogens is 290 g/mol. The Bertz CT molecular complexity index is 738. The minimum absolute atomic E-state index is 0.155. The average Bonchev–Trinajstić information content (AvgIpc) is 2.93. The first-order valence-electron chi connectivity index (χ1n) is 6.87. The van der Waals surface area contributed by atoms with Crippen molar-refractivity contribution in [3.63, 3.8) is 0 Å². The van der Waals surface area contributed by atoms with Crippen molar-refractivity contribution in [2.45, 2.75) is 25.8 Å². The molecule has 21 heavy (non-hydrogen) atoms. The van der Waals surface area contributed by atoms with E-state index in [9.17, 15) is 9.59 Å². The lowest BCUT2D eigenvalue weighted by Gasteiger charge is -2.15. The second-order valence-electron chi connectivity index (χ2n) is 5.29. The number of fused-ring (bicyclic) bond motifs is 1. The number of aromatic nitrogens is 2. The summed E-state index contributed by atoms with van der Waals surface area (Å²) in [5, 5.41) is 0. The number of halogens is 1. The van der Waals surface area contributed by atoms with E-state index in [4.69, 9.17) is 11.6 Å². The summed E-state index contributed by atoms with van der Waals surface area (Å²) >= 11 is 5.86. The molecule has 1 unspecified atom stereocenters. The minimum Gasteiger partial charge on any atom is -0.314 e. The number of carbonyl (C=O) groups is 2. The number of likely N-dealkylation sites (tertiary alicyclic amines) is 1. The topological polar surface area (TPSA) is 55.2 Å². The van der Waals surface area contributed by atoms with Crippen LogP contribution in [0.1, 0.15) is 23.9 Å². The van der Waals surface area contributed by atoms with Gasteiger partial charge in [-0.1, -0.05) is 12.1 Å². The van der Waals surface area contributed by atoms with Crippen LogP contribution in [0.2, 0.25) is 0 Å². The molecule has 0 spiro atoms. The maximum Gasteiger partial charge on any atom is 0.252 e. The maximum absolute atomic E-state index is 12.3. The van der Waals surface area contributed by atoms with Crippen molar-refractivity contribution in [1.29, 1.82) is 0 Å². The molecule has 1 saturated heterocycles. The van der Waals surface area contributed by atoms with E-state index in [0.717, 1.165) is 22.4 Å². The highest BCUT2D eigenvalue weighted by atomic mass is 35.5. The van der Waals surface area contributed by atoms with E-state index in [-0.39, 0.29) is 18.2 Å². The van der Waals surface area contributed by atoms with E-state index in [2.05, 4.69) is 4.98 Å². The smallest absolute Gasteiger partial charge is 0.252 e. The quantitative estimate of drug-likeness (QED) is 0.644. The van der Waals surface area contributed by atoms with Gasteiger partial charge in [0.15, 0.2) is 0 Å². The molecule has 5 nitrogen and oxygen atoms in total. The third kappa shape index (κ3) is 2.12. The van der Waals surface area contributed by atoms with Crippen molar-refractivity contribution < 1.29 is 9.59 Å². The summed E-state index contributed by atoms with van der Waals surface area (Å²) in [5.74, 6) is 0.846. The Morgan fingerprint density at radius 1 is 1.38 bits per heavy atom. The summed E-state index contributed by atoms with van der Waals surface area (Å²) in [4.78, 5) is 30.0. The number of para-hydroxylation sites is 1. The molecule has 1 atom stereocenters. The zero-order chi connectivity index (χ0) is 15.1. The Morgan fingerprint density at radius 2 is 2.14 bits per heavy atom. The van der Waals surface area contributed by atoms with Crippen LogP contribution >= 0.6 is 11.6 Å². The van der Waals surface area contributed by atoms with Crippen molar-refractivity contribution in [3.05, 3.63) is 29.6 Å². The molecule has 3 rings (SSSR count). The summed E-state index contributed by atoms with van der Waals surface area (Å²) in [6.45, 7) is 1.98. The molecule has 2 heterocycles. The molecule has 1 aliphatic rings. The molecule has 0 bridgehead atoms. The van der Waals surface area contributed by atoms with Crippen LogP contribution in [0.3, 0.4) is 0 Å². The zero-order valence-corrected chi connectivity index (χ0v) is 12.7. The summed E-state index contributed by atoms with van der Waals surface area (Å²) in [6, 6.07) is 5.33. The van der Waals surface area contributed by atoms with E-state index in [0.29, 0.717) is 12.3 Å². The molecule has 1 fully saturated rings. The number of imidazole rings is 1. The fraction of sp³-hybridized carbons (Fsp3) is 0.400. The normalized spacial score (nSPS) is 19.0. The van der Waals surface area contributed by atoms with Crippen LogP contribution in [0.15, 0.2) is 18.2 Å². The predicted octanol–water partition coefficient (Wildman–Crippen LogP) is 2.06. The largest absolute Gasteiger partial charge is 0.314 e. The number of hydrogen-bond acceptors (Lipinski definition) is 3. The van der Waals surface area contributed by atoms with Crippen LogP contribution in [0.25, 0.3) is 11.0 Å². The Balaban J connectivity index is 2.22. The molecule has 2 amide bonds. The molecule has 6 heteroatoms. The second-order valence-corrected chi connectivity index (χ2v) is 5.67. The number of nitrogens with zero attached hydrogens (tertiary/aromatic N) is 3. The van der Waals surface area contributed by atoms with Crippen LogP contribution in [0.5, 0.6) is 0 Å². The molecule has 1 aromatic heterocycles. The Kier molecular flexibility index (Phi) is 3.45. The molecule has 0 radical (unpaired) electrons. The molecule has 1 aromatic carbocycles. The Labute approximate surface area is 127 Å². The number of alkyl halides is 1. The molecule has 2 aromatic rings. The first-order chi connectivity index (χ1) is 10.0. The average molecular weight is 306 g/mol. The van der Waals surface area contributed by atoms with Crippen molar-refractivity contribution in [2.75, 3.05) is 12.9 Å². The highest BCUT2D eigenvalue weighted by molar-refractivity contribution is 6.18. The van der Waals surface area contributed by atoms with Crippen molar-refractivity contribution in [3.8, 4) is 0 Å². The van der Waals surface area contributed by atoms with Crippen LogP contribution in [0.4, 0.5) is 0 Å². The van der Waals surface area contributed by atoms with E-state index in [1.165, 1.54) is 11.9 Å². The van der Waals surface area contributed by atoms with Gasteiger partial charge in [-0.15, -0.1) is 11.6 Å². The predicted molar refractivity (Wildman–Crippen MR) is 80.3 cm³/mol. The van der Waals surface area contributed by atoms with Gasteiger partial charge in [0.25, 0.3) is 5.91 Å². The molecule has 110 valence electrons. The van der Waals surface area contributed by atoms with Gasteiger partial charge in [0.2, 0.25) is 5.91 Å². The van der Waals surface area contributed by atoms with E-state index < -0.39 is 6.04 Å². The minimum atomic E-state index is -0.508. The number of imide groups is 1. The summed E-state index contributed by atoms with van der Waals surface area (Å²) in [7, 11) is 1.53. The molecule has 1 aliphatic heterocycles. The van der Waals surface area contributed by atoms with Crippen LogP contribution in [0, 0.1) is 6.92 Å². The molecule has 0 N–H and O–H groups in total. The van der Waals surface area contributed by atoms with E-state index >= 15 is 0 Å². The zero-order valence-electron chi connectivity index (χ0n) is 12.0. The van der Waals surface area contributed by atoms with Gasteiger partial charge in [0, 0.05) is 19.3 Å². The van der Waals surface area contributed by atoms with Crippen LogP contribution in [-0.2, 0) is 16.0 Å². The van der Waals surface area contributed by atoms with Gasteiger partial charge in [-0.3, -0.25) is 14.5 Å². The number of benzene rings is 1. The fourth-order valence-corrected chi connectivity index (χ4v) is 3.07. The fourth-order valence-electron chi connectivity index (χ4n) is 2.90. The van der Waals surface area contributed by atoms with Gasteiger partial charge in [-0.05, 0) is 18.6 Å². The number of hydrogen-bond donors (Lipinski definition) is 0. The third-order valence-corrected chi connectivity index (χ3v) is 4.16. The van der Waals surface area contributed by atoms with Crippen LogP contribution < -0.4 is 0 Å². The van der Waals surface area contributed by atoms with Gasteiger partial charge in [0.1, 0.15) is 11.9 Å². The lowest BCUT2D eigenvalue weighted by molar-refractivity contribution is -0.137. The standard InChI is InChI=1S/C15H16ClN3O2/c1-9-4-3-5-10-14(9)19(12(17-10)6-7-16)11-8-13(20)18(2)15(11)21/h3-5,11H,6-8H2,1-2H3. The first-order valence-corrected chi connectivity index (χ1v) is 7.41. The molecule has 0 aliphatic carbocycles. The lowest BCUT2D eigenvalue weighted by atomic mass is 10.1. The Hall–Kier alpha value is -1.88. The summed E-state index contributed by atoms with van der Waals surface area (Å²) in [6.07, 6.45) is 0.752. The molecular formula is C15H16ClN3O2. The SMILES string of the molecule is Cc1cccc2nc(CCCl)n(C3CC(=O)N(C)C3=O)c12. The third-order valence-electron chi connectivity index (χ3n) is 3.97. The number of rotatable bonds is 3. The van der Waals surface area contributed by atoms with E-state index in [1.54, 1.807) is 0 Å². The lowest BCUT2D eigenvalue weighted by Crippen LogP contribution is -2.27. The first kappa shape index (κ1) is 14.1.